The fraction of sp³-hybridized carbons (Fsp3) is 0.600. The zero-order valence-electron chi connectivity index (χ0n) is 14.2. The third-order valence-corrected chi connectivity index (χ3v) is 5.40. The van der Waals surface area contributed by atoms with Gasteiger partial charge in [0.15, 0.2) is 0 Å². The van der Waals surface area contributed by atoms with Gasteiger partial charge in [-0.15, -0.1) is 0 Å². The van der Waals surface area contributed by atoms with E-state index in [9.17, 15) is 8.42 Å². The summed E-state index contributed by atoms with van der Waals surface area (Å²) in [5, 5.41) is 0. The molecule has 0 heterocycles. The van der Waals surface area contributed by atoms with Crippen LogP contribution in [0.25, 0.3) is 0 Å². The minimum Gasteiger partial charge on any atom is -0.496 e. The van der Waals surface area contributed by atoms with E-state index < -0.39 is 10.2 Å². The molecular weight excluding hydrogens is 302 g/mol. The number of hydrogen-bond donors (Lipinski definition) is 1. The largest absolute Gasteiger partial charge is 0.496 e. The lowest BCUT2D eigenvalue weighted by atomic mass is 10.1. The molecule has 0 saturated heterocycles. The van der Waals surface area contributed by atoms with E-state index in [-0.39, 0.29) is 18.6 Å². The maximum Gasteiger partial charge on any atom is 0.279 e. The van der Waals surface area contributed by atoms with Crippen molar-refractivity contribution in [2.45, 2.75) is 25.9 Å². The van der Waals surface area contributed by atoms with Gasteiger partial charge in [-0.3, -0.25) is 0 Å². The number of ether oxygens (including phenoxy) is 1. The maximum atomic E-state index is 12.2. The van der Waals surface area contributed by atoms with E-state index in [1.807, 2.05) is 57.1 Å². The number of nitrogens with one attached hydrogen (secondary N) is 1. The molecule has 0 bridgehead atoms. The second-order valence-electron chi connectivity index (χ2n) is 5.68. The monoisotopic (exact) mass is 329 g/mol. The predicted octanol–water partition coefficient (Wildman–Crippen LogP) is 1.47. The first kappa shape index (κ1) is 18.9. The van der Waals surface area contributed by atoms with Crippen molar-refractivity contribution in [3.63, 3.8) is 0 Å². The Kier molecular flexibility index (Phi) is 6.80. The zero-order valence-corrected chi connectivity index (χ0v) is 15.0. The summed E-state index contributed by atoms with van der Waals surface area (Å²) in [5.74, 6) is 0.748. The number of methoxy groups -OCH3 is 1. The van der Waals surface area contributed by atoms with Gasteiger partial charge >= 0.3 is 0 Å². The van der Waals surface area contributed by atoms with Crippen molar-refractivity contribution in [1.82, 2.24) is 13.9 Å². The summed E-state index contributed by atoms with van der Waals surface area (Å²) in [6.45, 7) is 3.94. The smallest absolute Gasteiger partial charge is 0.279 e. The third kappa shape index (κ3) is 4.67. The minimum absolute atomic E-state index is 0.0958. The van der Waals surface area contributed by atoms with Gasteiger partial charge in [-0.1, -0.05) is 18.2 Å². The average Bonchev–Trinajstić information content (AvgIpc) is 2.46. The SMILES string of the molecule is COc1ccccc1[C@@H](CNS(=O)(=O)N(C)C(C)C)N(C)C. The van der Waals surface area contributed by atoms with E-state index in [0.717, 1.165) is 11.3 Å². The summed E-state index contributed by atoms with van der Waals surface area (Å²) < 4.78 is 33.9. The normalized spacial score (nSPS) is 13.9. The van der Waals surface area contributed by atoms with Crippen molar-refractivity contribution >= 4 is 10.2 Å². The molecule has 0 spiro atoms. The Bertz CT molecular complexity index is 573. The molecule has 126 valence electrons. The Hall–Kier alpha value is -1.15. The number of rotatable bonds is 8. The molecule has 7 heteroatoms. The lowest BCUT2D eigenvalue weighted by Crippen LogP contribution is -2.44. The van der Waals surface area contributed by atoms with Crippen LogP contribution in [-0.4, -0.2) is 58.5 Å². The number of para-hydroxylation sites is 1. The van der Waals surface area contributed by atoms with E-state index in [1.54, 1.807) is 14.2 Å². The van der Waals surface area contributed by atoms with Crippen molar-refractivity contribution in [2.75, 3.05) is 34.8 Å². The summed E-state index contributed by atoms with van der Waals surface area (Å²) in [4.78, 5) is 1.97. The summed E-state index contributed by atoms with van der Waals surface area (Å²) in [7, 11) is 3.51. The molecule has 1 aromatic rings. The fourth-order valence-electron chi connectivity index (χ4n) is 2.08. The van der Waals surface area contributed by atoms with Crippen LogP contribution >= 0.6 is 0 Å². The molecule has 0 aliphatic carbocycles. The van der Waals surface area contributed by atoms with Crippen molar-refractivity contribution < 1.29 is 13.2 Å². The first-order chi connectivity index (χ1) is 10.2. The molecule has 22 heavy (non-hydrogen) atoms. The highest BCUT2D eigenvalue weighted by atomic mass is 32.2. The molecule has 0 aromatic heterocycles. The summed E-state index contributed by atoms with van der Waals surface area (Å²) in [5.41, 5.74) is 0.949. The van der Waals surface area contributed by atoms with Crippen LogP contribution in [0.5, 0.6) is 5.75 Å². The topological polar surface area (TPSA) is 61.9 Å². The van der Waals surface area contributed by atoms with Crippen LogP contribution < -0.4 is 9.46 Å². The van der Waals surface area contributed by atoms with Gasteiger partial charge in [0.2, 0.25) is 0 Å². The Morgan fingerprint density at radius 2 is 1.77 bits per heavy atom. The Morgan fingerprint density at radius 1 is 1.18 bits per heavy atom. The van der Waals surface area contributed by atoms with Crippen molar-refractivity contribution in [3.05, 3.63) is 29.8 Å². The van der Waals surface area contributed by atoms with Crippen LogP contribution in [0.3, 0.4) is 0 Å². The Balaban J connectivity index is 2.95. The van der Waals surface area contributed by atoms with Crippen molar-refractivity contribution in [2.24, 2.45) is 0 Å². The summed E-state index contributed by atoms with van der Waals surface area (Å²) in [6.07, 6.45) is 0. The maximum absolute atomic E-state index is 12.2. The molecule has 6 nitrogen and oxygen atoms in total. The van der Waals surface area contributed by atoms with Gasteiger partial charge in [0.25, 0.3) is 10.2 Å². The minimum atomic E-state index is -3.50. The Labute approximate surface area is 134 Å². The van der Waals surface area contributed by atoms with Crippen LogP contribution in [0.15, 0.2) is 24.3 Å². The first-order valence-corrected chi connectivity index (χ1v) is 8.66. The highest BCUT2D eigenvalue weighted by Gasteiger charge is 2.24. The second-order valence-corrected chi connectivity index (χ2v) is 7.50. The fourth-order valence-corrected chi connectivity index (χ4v) is 3.20. The molecule has 0 saturated carbocycles. The van der Waals surface area contributed by atoms with Gasteiger partial charge in [-0.2, -0.15) is 12.7 Å². The van der Waals surface area contributed by atoms with Gasteiger partial charge in [-0.25, -0.2) is 4.72 Å². The molecule has 0 unspecified atom stereocenters. The Morgan fingerprint density at radius 3 is 2.27 bits per heavy atom. The van der Waals surface area contributed by atoms with Crippen molar-refractivity contribution in [3.8, 4) is 5.75 Å². The zero-order chi connectivity index (χ0) is 16.9. The van der Waals surface area contributed by atoms with Gasteiger partial charge in [0.1, 0.15) is 5.75 Å². The van der Waals surface area contributed by atoms with E-state index >= 15 is 0 Å². The molecule has 1 N–H and O–H groups in total. The van der Waals surface area contributed by atoms with Crippen LogP contribution in [0.2, 0.25) is 0 Å². The standard InChI is InChI=1S/C15H27N3O3S/c1-12(2)18(5)22(19,20)16-11-14(17(3)4)13-9-7-8-10-15(13)21-6/h7-10,12,14,16H,11H2,1-6H3/t14-/m1/s1. The van der Waals surface area contributed by atoms with E-state index in [0.29, 0.717) is 0 Å². The van der Waals surface area contributed by atoms with Gasteiger partial charge < -0.3 is 9.64 Å². The number of benzene rings is 1. The van der Waals surface area contributed by atoms with Gasteiger partial charge in [0, 0.05) is 25.2 Å². The molecular formula is C15H27N3O3S. The molecule has 1 atom stereocenters. The lowest BCUT2D eigenvalue weighted by Gasteiger charge is -2.28. The van der Waals surface area contributed by atoms with Gasteiger partial charge in [0.05, 0.1) is 13.2 Å². The van der Waals surface area contributed by atoms with Crippen molar-refractivity contribution in [1.29, 1.82) is 0 Å². The number of likely N-dealkylation sites (N-methyl/N-ethyl adjacent to an activating group) is 1. The molecule has 1 aromatic carbocycles. The summed E-state index contributed by atoms with van der Waals surface area (Å²) in [6, 6.07) is 7.42. The van der Waals surface area contributed by atoms with Crippen LogP contribution in [0, 0.1) is 0 Å². The first-order valence-electron chi connectivity index (χ1n) is 7.22. The third-order valence-electron chi connectivity index (χ3n) is 3.69. The molecule has 0 aliphatic heterocycles. The number of nitrogens with zero attached hydrogens (tertiary/aromatic N) is 2. The van der Waals surface area contributed by atoms with E-state index in [4.69, 9.17) is 4.74 Å². The van der Waals surface area contributed by atoms with E-state index in [1.165, 1.54) is 4.31 Å². The molecule has 0 aliphatic rings. The predicted molar refractivity (Wildman–Crippen MR) is 89.2 cm³/mol. The highest BCUT2D eigenvalue weighted by Crippen LogP contribution is 2.27. The van der Waals surface area contributed by atoms with Gasteiger partial charge in [-0.05, 0) is 34.0 Å². The quantitative estimate of drug-likeness (QED) is 0.784. The van der Waals surface area contributed by atoms with Crippen LogP contribution in [0.4, 0.5) is 0 Å². The van der Waals surface area contributed by atoms with Crippen LogP contribution in [-0.2, 0) is 10.2 Å². The average molecular weight is 329 g/mol. The second kappa shape index (κ2) is 7.92. The molecule has 0 fully saturated rings. The van der Waals surface area contributed by atoms with E-state index in [2.05, 4.69) is 4.72 Å². The molecule has 1 rings (SSSR count). The lowest BCUT2D eigenvalue weighted by molar-refractivity contribution is 0.286. The molecule has 0 radical (unpaired) electrons. The molecule has 0 amide bonds. The number of hydrogen-bond acceptors (Lipinski definition) is 4. The highest BCUT2D eigenvalue weighted by molar-refractivity contribution is 7.87. The summed E-state index contributed by atoms with van der Waals surface area (Å²) >= 11 is 0. The van der Waals surface area contributed by atoms with Crippen LogP contribution in [0.1, 0.15) is 25.5 Å².